The van der Waals surface area contributed by atoms with Gasteiger partial charge in [-0.15, -0.1) is 0 Å². The summed E-state index contributed by atoms with van der Waals surface area (Å²) < 4.78 is 5.12. The Morgan fingerprint density at radius 3 is 2.13 bits per heavy atom. The number of benzene rings is 2. The second kappa shape index (κ2) is 4.59. The van der Waals surface area contributed by atoms with E-state index in [4.69, 9.17) is 4.74 Å². The van der Waals surface area contributed by atoms with E-state index >= 15 is 0 Å². The fourth-order valence-electron chi connectivity index (χ4n) is 2.45. The molecule has 3 rings (SSSR count). The van der Waals surface area contributed by atoms with Gasteiger partial charge in [0, 0.05) is 11.6 Å². The number of rotatable bonds is 1. The number of phenols is 3. The first-order valence-electron chi connectivity index (χ1n) is 6.44. The van der Waals surface area contributed by atoms with Gasteiger partial charge in [0.05, 0.1) is 0 Å². The van der Waals surface area contributed by atoms with Crippen molar-refractivity contribution in [1.82, 2.24) is 0 Å². The number of ether oxygens (including phenoxy) is 1. The molecule has 1 aliphatic rings. The molecule has 0 spiro atoms. The summed E-state index contributed by atoms with van der Waals surface area (Å²) in [4.78, 5) is 12.4. The van der Waals surface area contributed by atoms with Crippen LogP contribution >= 0.6 is 0 Å². The lowest BCUT2D eigenvalue weighted by Gasteiger charge is -2.39. The third-order valence-electron chi connectivity index (χ3n) is 3.61. The van der Waals surface area contributed by atoms with Gasteiger partial charge in [0.1, 0.15) is 11.3 Å². The third kappa shape index (κ3) is 1.93. The maximum absolute atomic E-state index is 12.4. The van der Waals surface area contributed by atoms with E-state index in [1.807, 2.05) is 0 Å². The number of carbonyl (C=O) groups excluding carboxylic acids is 1. The average molecular weight is 320 g/mol. The Bertz CT molecular complexity index is 799. The van der Waals surface area contributed by atoms with E-state index in [1.165, 1.54) is 24.3 Å². The van der Waals surface area contributed by atoms with Crippen molar-refractivity contribution in [2.24, 2.45) is 0 Å². The van der Waals surface area contributed by atoms with Crippen molar-refractivity contribution in [3.05, 3.63) is 47.5 Å². The summed E-state index contributed by atoms with van der Waals surface area (Å²) in [6, 6.07) is 7.96. The van der Waals surface area contributed by atoms with Crippen LogP contribution in [-0.2, 0) is 16.4 Å². The number of carbonyl (C=O) groups is 1. The Kier molecular flexibility index (Phi) is 3.01. The molecular formula is C15H12O8. The normalized spacial score (nSPS) is 22.3. The first-order valence-corrected chi connectivity index (χ1v) is 6.44. The van der Waals surface area contributed by atoms with E-state index in [2.05, 4.69) is 0 Å². The van der Waals surface area contributed by atoms with E-state index in [1.54, 1.807) is 6.07 Å². The number of aliphatic hydroxyl groups is 3. The Balaban J connectivity index is 2.28. The number of fused-ring (bicyclic) bond motifs is 1. The molecule has 1 atom stereocenters. The Morgan fingerprint density at radius 2 is 1.52 bits per heavy atom. The lowest BCUT2D eigenvalue weighted by molar-refractivity contribution is -0.243. The summed E-state index contributed by atoms with van der Waals surface area (Å²) in [5.41, 5.74) is -0.964. The molecule has 1 heterocycles. The van der Waals surface area contributed by atoms with E-state index in [9.17, 15) is 35.4 Å². The lowest BCUT2D eigenvalue weighted by Crippen LogP contribution is -2.56. The minimum Gasteiger partial charge on any atom is -0.504 e. The molecule has 2 aromatic rings. The molecule has 8 nitrogen and oxygen atoms in total. The van der Waals surface area contributed by atoms with Gasteiger partial charge in [0.25, 0.3) is 11.6 Å². The minimum atomic E-state index is -3.35. The van der Waals surface area contributed by atoms with Crippen molar-refractivity contribution in [3.8, 4) is 23.0 Å². The zero-order chi connectivity index (χ0) is 17.0. The summed E-state index contributed by atoms with van der Waals surface area (Å²) in [7, 11) is 0. The fourth-order valence-corrected chi connectivity index (χ4v) is 2.45. The highest BCUT2D eigenvalue weighted by molar-refractivity contribution is 5.97. The van der Waals surface area contributed by atoms with E-state index < -0.39 is 45.9 Å². The monoisotopic (exact) mass is 320 g/mol. The SMILES string of the molecule is O=C1C(O)(O)c2c(cc(O)c(O)c2O)OC1(O)c1ccccc1. The molecule has 0 fully saturated rings. The largest absolute Gasteiger partial charge is 0.504 e. The maximum Gasteiger partial charge on any atom is 0.301 e. The van der Waals surface area contributed by atoms with Gasteiger partial charge in [0.2, 0.25) is 5.75 Å². The van der Waals surface area contributed by atoms with Gasteiger partial charge < -0.3 is 35.4 Å². The predicted octanol–water partition coefficient (Wildman–Crippen LogP) is -0.252. The summed E-state index contributed by atoms with van der Waals surface area (Å²) >= 11 is 0. The Morgan fingerprint density at radius 1 is 0.913 bits per heavy atom. The van der Waals surface area contributed by atoms with Crippen LogP contribution in [0.15, 0.2) is 36.4 Å². The number of aromatic hydroxyl groups is 3. The van der Waals surface area contributed by atoms with Crippen LogP contribution in [0.3, 0.4) is 0 Å². The van der Waals surface area contributed by atoms with Crippen molar-refractivity contribution in [3.63, 3.8) is 0 Å². The first-order chi connectivity index (χ1) is 10.7. The number of phenolic OH excluding ortho intramolecular Hbond substituents is 3. The smallest absolute Gasteiger partial charge is 0.301 e. The van der Waals surface area contributed by atoms with Crippen molar-refractivity contribution in [2.75, 3.05) is 0 Å². The Labute approximate surface area is 129 Å². The van der Waals surface area contributed by atoms with E-state index in [0.29, 0.717) is 0 Å². The molecule has 0 bridgehead atoms. The van der Waals surface area contributed by atoms with Crippen molar-refractivity contribution >= 4 is 5.78 Å². The highest BCUT2D eigenvalue weighted by Gasteiger charge is 2.59. The second-order valence-corrected chi connectivity index (χ2v) is 5.08. The van der Waals surface area contributed by atoms with E-state index in [-0.39, 0.29) is 5.56 Å². The molecule has 0 aliphatic carbocycles. The summed E-state index contributed by atoms with van der Waals surface area (Å²) in [5.74, 6) is -11.3. The van der Waals surface area contributed by atoms with Crippen molar-refractivity contribution in [2.45, 2.75) is 11.6 Å². The molecule has 0 radical (unpaired) electrons. The highest BCUT2D eigenvalue weighted by atomic mass is 16.6. The molecule has 6 N–H and O–H groups in total. The molecular weight excluding hydrogens is 308 g/mol. The van der Waals surface area contributed by atoms with E-state index in [0.717, 1.165) is 6.07 Å². The topological polar surface area (TPSA) is 148 Å². The van der Waals surface area contributed by atoms with Crippen molar-refractivity contribution < 1.29 is 40.2 Å². The first kappa shape index (κ1) is 15.1. The summed E-state index contributed by atoms with van der Waals surface area (Å²) in [6.07, 6.45) is 0. The molecule has 0 saturated carbocycles. The molecule has 0 aromatic heterocycles. The average Bonchev–Trinajstić information content (AvgIpc) is 2.51. The molecule has 0 saturated heterocycles. The fraction of sp³-hybridized carbons (Fsp3) is 0.133. The van der Waals surface area contributed by atoms with Gasteiger partial charge in [-0.25, -0.2) is 0 Å². The van der Waals surface area contributed by atoms with Crippen LogP contribution in [0.4, 0.5) is 0 Å². The number of hydrogen-bond donors (Lipinski definition) is 6. The highest BCUT2D eigenvalue weighted by Crippen LogP contribution is 2.52. The molecule has 2 aromatic carbocycles. The number of Topliss-reactive ketones (excluding diaryl/α,β-unsaturated/α-hetero) is 1. The minimum absolute atomic E-state index is 0.0878. The zero-order valence-corrected chi connectivity index (χ0v) is 11.5. The number of hydrogen-bond acceptors (Lipinski definition) is 8. The van der Waals surface area contributed by atoms with Crippen LogP contribution in [0.25, 0.3) is 0 Å². The quantitative estimate of drug-likeness (QED) is 0.311. The summed E-state index contributed by atoms with van der Waals surface area (Å²) in [5, 5.41) is 59.5. The van der Waals surface area contributed by atoms with Gasteiger partial charge in [0.15, 0.2) is 11.5 Å². The van der Waals surface area contributed by atoms with Crippen LogP contribution in [0, 0.1) is 0 Å². The van der Waals surface area contributed by atoms with Crippen molar-refractivity contribution in [1.29, 1.82) is 0 Å². The number of ketones is 1. The molecule has 23 heavy (non-hydrogen) atoms. The van der Waals surface area contributed by atoms with Gasteiger partial charge in [-0.05, 0) is 0 Å². The van der Waals surface area contributed by atoms with Crippen LogP contribution < -0.4 is 4.74 Å². The van der Waals surface area contributed by atoms with Gasteiger partial charge in [-0.2, -0.15) is 0 Å². The van der Waals surface area contributed by atoms with Gasteiger partial charge in [-0.1, -0.05) is 30.3 Å². The Hall–Kier alpha value is -2.81. The maximum atomic E-state index is 12.4. The standard InChI is InChI=1S/C15H12O8/c16-8-6-9-10(12(18)11(8)17)14(20,21)13(19)15(22,23-9)7-4-2-1-3-5-7/h1-6,16-18,20-22H. The molecule has 1 unspecified atom stereocenters. The van der Waals surface area contributed by atoms with Crippen LogP contribution in [-0.4, -0.2) is 36.4 Å². The third-order valence-corrected chi connectivity index (χ3v) is 3.61. The molecule has 120 valence electrons. The second-order valence-electron chi connectivity index (χ2n) is 5.08. The van der Waals surface area contributed by atoms with Crippen LogP contribution in [0.2, 0.25) is 0 Å². The molecule has 0 amide bonds. The molecule has 8 heteroatoms. The van der Waals surface area contributed by atoms with Gasteiger partial charge in [-0.3, -0.25) is 4.79 Å². The van der Waals surface area contributed by atoms with Crippen LogP contribution in [0.1, 0.15) is 11.1 Å². The zero-order valence-electron chi connectivity index (χ0n) is 11.5. The lowest BCUT2D eigenvalue weighted by atomic mass is 9.87. The van der Waals surface area contributed by atoms with Gasteiger partial charge >= 0.3 is 5.79 Å². The predicted molar refractivity (Wildman–Crippen MR) is 73.5 cm³/mol. The summed E-state index contributed by atoms with van der Waals surface area (Å²) in [6.45, 7) is 0. The molecule has 1 aliphatic heterocycles. The van der Waals surface area contributed by atoms with Crippen LogP contribution in [0.5, 0.6) is 23.0 Å².